The van der Waals surface area contributed by atoms with Gasteiger partial charge in [0.1, 0.15) is 24.4 Å². The zero-order valence-corrected chi connectivity index (χ0v) is 25.2. The summed E-state index contributed by atoms with van der Waals surface area (Å²) in [7, 11) is 0. The third-order valence-corrected chi connectivity index (χ3v) is 9.60. The number of alkyl halides is 1. The van der Waals surface area contributed by atoms with Crippen LogP contribution in [0, 0.1) is 23.2 Å². The van der Waals surface area contributed by atoms with Crippen LogP contribution in [-0.4, -0.2) is 75.6 Å². The van der Waals surface area contributed by atoms with Crippen molar-refractivity contribution in [2.24, 2.45) is 23.2 Å². The summed E-state index contributed by atoms with van der Waals surface area (Å²) in [5, 5.41) is 12.4. The number of carbonyl (C=O) groups is 4. The molecule has 4 rings (SSSR count). The fourth-order valence-corrected chi connectivity index (χ4v) is 7.26. The lowest BCUT2D eigenvalue weighted by atomic mass is 9.54. The molecule has 0 radical (unpaired) electrons. The molecule has 0 amide bonds. The van der Waals surface area contributed by atoms with Crippen molar-refractivity contribution in [1.82, 2.24) is 0 Å². The van der Waals surface area contributed by atoms with Crippen LogP contribution in [0.2, 0.25) is 0 Å². The molecule has 0 spiro atoms. The molecule has 0 aromatic rings. The van der Waals surface area contributed by atoms with Crippen molar-refractivity contribution < 1.29 is 48.0 Å². The highest BCUT2D eigenvalue weighted by molar-refractivity contribution is 14.1. The van der Waals surface area contributed by atoms with Crippen LogP contribution in [0.25, 0.3) is 0 Å². The van der Waals surface area contributed by atoms with Crippen LogP contribution in [-0.2, 0) is 42.9 Å². The van der Waals surface area contributed by atoms with E-state index in [0.29, 0.717) is 10.8 Å². The molecule has 2 aliphatic carbocycles. The molecule has 0 bridgehead atoms. The lowest BCUT2D eigenvalue weighted by Gasteiger charge is -2.53. The number of epoxide rings is 1. The molecular formula is C28H37IO10. The van der Waals surface area contributed by atoms with Crippen LogP contribution >= 0.6 is 22.6 Å². The lowest BCUT2D eigenvalue weighted by Crippen LogP contribution is -2.67. The van der Waals surface area contributed by atoms with E-state index in [0.717, 1.165) is 5.57 Å². The summed E-state index contributed by atoms with van der Waals surface area (Å²) >= 11 is 2.16. The van der Waals surface area contributed by atoms with Crippen LogP contribution in [0.3, 0.4) is 0 Å². The van der Waals surface area contributed by atoms with Gasteiger partial charge in [0, 0.05) is 41.9 Å². The van der Waals surface area contributed by atoms with Crippen LogP contribution in [0.1, 0.15) is 54.4 Å². The number of aliphatic hydroxyl groups is 1. The second kappa shape index (κ2) is 11.1. The molecule has 0 aromatic carbocycles. The summed E-state index contributed by atoms with van der Waals surface area (Å²) < 4.78 is 30.0. The van der Waals surface area contributed by atoms with Gasteiger partial charge in [-0.05, 0) is 31.1 Å². The zero-order chi connectivity index (χ0) is 28.9. The number of esters is 4. The standard InChI is InChI=1S/C28H37IO10/c1-7-8-20(32)37-18-10-9-17(12-29)11-19-28(34,14(3)26(33)38-19)24(36-16(5)31)21-13(2)22(35-15(4)30)23-25(39-23)27(18,21)6/h9-11,13-14,18-19,21-25,34H,7-8,12H2,1-6H3/b10-9-,17-11+/t13-,14+,18+,19+,21-,22+,23+,24+,25+,27-,28+/m1/s1. The Labute approximate surface area is 241 Å². The quantitative estimate of drug-likeness (QED) is 0.149. The van der Waals surface area contributed by atoms with Gasteiger partial charge in [0.05, 0.1) is 12.0 Å². The number of fused-ring (bicyclic) bond motifs is 4. The molecule has 1 saturated carbocycles. The van der Waals surface area contributed by atoms with E-state index in [4.69, 9.17) is 23.7 Å². The van der Waals surface area contributed by atoms with E-state index >= 15 is 0 Å². The molecule has 2 heterocycles. The van der Waals surface area contributed by atoms with Crippen LogP contribution in [0.5, 0.6) is 0 Å². The Balaban J connectivity index is 1.97. The molecule has 11 heteroatoms. The Hall–Kier alpha value is -1.99. The highest BCUT2D eigenvalue weighted by atomic mass is 127. The maximum Gasteiger partial charge on any atom is 0.312 e. The van der Waals surface area contributed by atoms with E-state index in [9.17, 15) is 24.3 Å². The largest absolute Gasteiger partial charge is 0.459 e. The van der Waals surface area contributed by atoms with Gasteiger partial charge in [-0.25, -0.2) is 0 Å². The minimum Gasteiger partial charge on any atom is -0.459 e. The van der Waals surface area contributed by atoms with Crippen molar-refractivity contribution in [3.63, 3.8) is 0 Å². The molecule has 3 fully saturated rings. The molecule has 39 heavy (non-hydrogen) atoms. The van der Waals surface area contributed by atoms with Crippen molar-refractivity contribution in [2.45, 2.75) is 96.6 Å². The Kier molecular flexibility index (Phi) is 8.55. The molecule has 2 saturated heterocycles. The third-order valence-electron chi connectivity index (χ3n) is 8.72. The Morgan fingerprint density at radius 1 is 1.13 bits per heavy atom. The van der Waals surface area contributed by atoms with Crippen LogP contribution in [0.4, 0.5) is 0 Å². The highest BCUT2D eigenvalue weighted by Gasteiger charge is 2.74. The van der Waals surface area contributed by atoms with E-state index in [1.807, 2.05) is 26.8 Å². The second-order valence-electron chi connectivity index (χ2n) is 11.2. The van der Waals surface area contributed by atoms with Crippen LogP contribution in [0.15, 0.2) is 23.8 Å². The Morgan fingerprint density at radius 2 is 1.79 bits per heavy atom. The first kappa shape index (κ1) is 30.0. The number of carbonyl (C=O) groups excluding carboxylic acids is 4. The third kappa shape index (κ3) is 5.14. The van der Waals surface area contributed by atoms with Gasteiger partial charge < -0.3 is 28.8 Å². The molecular weight excluding hydrogens is 623 g/mol. The van der Waals surface area contributed by atoms with E-state index in [1.165, 1.54) is 13.8 Å². The number of allylic oxidation sites excluding steroid dienone is 2. The monoisotopic (exact) mass is 660 g/mol. The minimum absolute atomic E-state index is 0.208. The van der Waals surface area contributed by atoms with Crippen molar-refractivity contribution in [3.05, 3.63) is 23.8 Å². The van der Waals surface area contributed by atoms with Gasteiger partial charge in [0.2, 0.25) is 0 Å². The minimum atomic E-state index is -1.97. The average Bonchev–Trinajstić information content (AvgIpc) is 3.63. The predicted octanol–water partition coefficient (Wildman–Crippen LogP) is 2.83. The molecule has 0 unspecified atom stereocenters. The summed E-state index contributed by atoms with van der Waals surface area (Å²) in [6, 6.07) is 0. The lowest BCUT2D eigenvalue weighted by molar-refractivity contribution is -0.218. The first-order valence-corrected chi connectivity index (χ1v) is 14.9. The molecule has 4 aliphatic rings. The summed E-state index contributed by atoms with van der Waals surface area (Å²) in [5.74, 6) is -4.56. The van der Waals surface area contributed by atoms with Crippen molar-refractivity contribution in [3.8, 4) is 0 Å². The van der Waals surface area contributed by atoms with Crippen molar-refractivity contribution in [1.29, 1.82) is 0 Å². The number of rotatable bonds is 6. The van der Waals surface area contributed by atoms with Gasteiger partial charge in [-0.3, -0.25) is 19.2 Å². The zero-order valence-electron chi connectivity index (χ0n) is 23.0. The van der Waals surface area contributed by atoms with Gasteiger partial charge in [-0.1, -0.05) is 49.4 Å². The van der Waals surface area contributed by atoms with Gasteiger partial charge >= 0.3 is 23.9 Å². The average molecular weight is 660 g/mol. The maximum absolute atomic E-state index is 12.9. The molecule has 2 aliphatic heterocycles. The predicted molar refractivity (Wildman–Crippen MR) is 145 cm³/mol. The van der Waals surface area contributed by atoms with Crippen molar-refractivity contribution in [2.75, 3.05) is 4.43 Å². The van der Waals surface area contributed by atoms with Gasteiger partial charge in [0.25, 0.3) is 0 Å². The first-order chi connectivity index (χ1) is 18.3. The van der Waals surface area contributed by atoms with Gasteiger partial charge in [-0.2, -0.15) is 0 Å². The van der Waals surface area contributed by atoms with E-state index in [-0.39, 0.29) is 6.42 Å². The van der Waals surface area contributed by atoms with E-state index < -0.39 is 89.3 Å². The SMILES string of the molecule is CCCC(=O)O[C@H]1/C=C\C(CI)=C/[C@@H]2OC(=O)[C@H](C)[C@@]2(O)[C@@H](OC(C)=O)[C@H]2[C@@H](C)[C@H](OC(C)=O)[C@@H]3O[C@@H]3[C@@]21C. The Bertz CT molecular complexity index is 1090. The number of hydrogen-bond donors (Lipinski definition) is 1. The molecule has 1 N–H and O–H groups in total. The highest BCUT2D eigenvalue weighted by Crippen LogP contribution is 2.61. The smallest absolute Gasteiger partial charge is 0.312 e. The fourth-order valence-electron chi connectivity index (χ4n) is 6.75. The summed E-state index contributed by atoms with van der Waals surface area (Å²) in [4.78, 5) is 50.4. The number of ether oxygens (including phenoxy) is 5. The van der Waals surface area contributed by atoms with E-state index in [1.54, 1.807) is 19.1 Å². The summed E-state index contributed by atoms with van der Waals surface area (Å²) in [5.41, 5.74) is -2.28. The Morgan fingerprint density at radius 3 is 2.38 bits per heavy atom. The number of halogens is 1. The van der Waals surface area contributed by atoms with Crippen molar-refractivity contribution >= 4 is 46.5 Å². The first-order valence-electron chi connectivity index (χ1n) is 13.4. The molecule has 0 aromatic heterocycles. The van der Waals surface area contributed by atoms with E-state index in [2.05, 4.69) is 22.6 Å². The molecule has 10 nitrogen and oxygen atoms in total. The fraction of sp³-hybridized carbons (Fsp3) is 0.714. The van der Waals surface area contributed by atoms with Gasteiger partial charge in [-0.15, -0.1) is 0 Å². The summed E-state index contributed by atoms with van der Waals surface area (Å²) in [6.07, 6.45) is 1.07. The molecule has 216 valence electrons. The van der Waals surface area contributed by atoms with Crippen LogP contribution < -0.4 is 0 Å². The maximum atomic E-state index is 12.9. The number of hydrogen-bond acceptors (Lipinski definition) is 10. The van der Waals surface area contributed by atoms with Gasteiger partial charge in [0.15, 0.2) is 11.7 Å². The molecule has 11 atom stereocenters. The summed E-state index contributed by atoms with van der Waals surface area (Å²) in [6.45, 7) is 9.67. The normalized spacial score (nSPS) is 44.8. The topological polar surface area (TPSA) is 138 Å². The second-order valence-corrected chi connectivity index (χ2v) is 12.0.